The zero-order chi connectivity index (χ0) is 12.6. The first-order valence-electron chi connectivity index (χ1n) is 6.29. The predicted octanol–water partition coefficient (Wildman–Crippen LogP) is 3.88. The summed E-state index contributed by atoms with van der Waals surface area (Å²) in [4.78, 5) is 1.34. The van der Waals surface area contributed by atoms with E-state index < -0.39 is 0 Å². The third-order valence-corrected chi connectivity index (χ3v) is 3.75. The standard InChI is InChI=1S/C16H19NS/c1-14-7-9-15(10-8-14)13-17-11-12-18-16-5-3-2-4-6-16/h2-10,17H,11-13H2,1H3. The van der Waals surface area contributed by atoms with Crippen LogP contribution in [0.1, 0.15) is 11.1 Å². The summed E-state index contributed by atoms with van der Waals surface area (Å²) in [6.45, 7) is 4.11. The van der Waals surface area contributed by atoms with Crippen LogP contribution in [0.5, 0.6) is 0 Å². The van der Waals surface area contributed by atoms with Crippen LogP contribution < -0.4 is 5.32 Å². The van der Waals surface area contributed by atoms with Gasteiger partial charge in [-0.25, -0.2) is 0 Å². The average Bonchev–Trinajstić information content (AvgIpc) is 2.42. The molecular formula is C16H19NS. The van der Waals surface area contributed by atoms with Gasteiger partial charge in [-0.3, -0.25) is 0 Å². The molecule has 0 atom stereocenters. The largest absolute Gasteiger partial charge is 0.312 e. The summed E-state index contributed by atoms with van der Waals surface area (Å²) >= 11 is 1.90. The molecule has 0 radical (unpaired) electrons. The molecule has 0 saturated heterocycles. The van der Waals surface area contributed by atoms with Gasteiger partial charge in [-0.1, -0.05) is 48.0 Å². The maximum Gasteiger partial charge on any atom is 0.0205 e. The molecule has 18 heavy (non-hydrogen) atoms. The molecule has 0 aromatic heterocycles. The number of hydrogen-bond donors (Lipinski definition) is 1. The van der Waals surface area contributed by atoms with Crippen molar-refractivity contribution in [2.75, 3.05) is 12.3 Å². The third kappa shape index (κ3) is 4.55. The lowest BCUT2D eigenvalue weighted by atomic mass is 10.1. The van der Waals surface area contributed by atoms with Crippen LogP contribution in [-0.4, -0.2) is 12.3 Å². The summed E-state index contributed by atoms with van der Waals surface area (Å²) in [7, 11) is 0. The maximum atomic E-state index is 3.47. The minimum absolute atomic E-state index is 0.954. The fraction of sp³-hybridized carbons (Fsp3) is 0.250. The first-order chi connectivity index (χ1) is 8.84. The fourth-order valence-electron chi connectivity index (χ4n) is 1.70. The van der Waals surface area contributed by atoms with Crippen molar-refractivity contribution < 1.29 is 0 Å². The van der Waals surface area contributed by atoms with Crippen LogP contribution in [0.25, 0.3) is 0 Å². The molecule has 2 aromatic carbocycles. The van der Waals surface area contributed by atoms with Gasteiger partial charge in [0.2, 0.25) is 0 Å². The molecule has 94 valence electrons. The van der Waals surface area contributed by atoms with E-state index in [-0.39, 0.29) is 0 Å². The van der Waals surface area contributed by atoms with Gasteiger partial charge in [0, 0.05) is 23.7 Å². The Balaban J connectivity index is 1.63. The number of thioether (sulfide) groups is 1. The summed E-state index contributed by atoms with van der Waals surface area (Å²) in [5, 5.41) is 3.47. The summed E-state index contributed by atoms with van der Waals surface area (Å²) in [6, 6.07) is 19.2. The molecular weight excluding hydrogens is 238 g/mol. The van der Waals surface area contributed by atoms with E-state index in [1.165, 1.54) is 16.0 Å². The Labute approximate surface area is 114 Å². The number of aryl methyl sites for hydroxylation is 1. The Hall–Kier alpha value is -1.25. The highest BCUT2D eigenvalue weighted by molar-refractivity contribution is 7.99. The van der Waals surface area contributed by atoms with Crippen molar-refractivity contribution in [1.29, 1.82) is 0 Å². The maximum absolute atomic E-state index is 3.47. The van der Waals surface area contributed by atoms with E-state index in [0.717, 1.165) is 18.8 Å². The van der Waals surface area contributed by atoms with Gasteiger partial charge < -0.3 is 5.32 Å². The number of nitrogens with one attached hydrogen (secondary N) is 1. The molecule has 0 aliphatic carbocycles. The van der Waals surface area contributed by atoms with E-state index in [9.17, 15) is 0 Å². The molecule has 0 unspecified atom stereocenters. The van der Waals surface area contributed by atoms with Crippen molar-refractivity contribution in [2.24, 2.45) is 0 Å². The lowest BCUT2D eigenvalue weighted by Crippen LogP contribution is -2.16. The minimum atomic E-state index is 0.954. The molecule has 0 amide bonds. The summed E-state index contributed by atoms with van der Waals surface area (Å²) in [6.07, 6.45) is 0. The number of rotatable bonds is 6. The average molecular weight is 257 g/mol. The normalized spacial score (nSPS) is 10.5. The van der Waals surface area contributed by atoms with Gasteiger partial charge in [0.05, 0.1) is 0 Å². The molecule has 0 fully saturated rings. The van der Waals surface area contributed by atoms with E-state index in [1.54, 1.807) is 0 Å². The minimum Gasteiger partial charge on any atom is -0.312 e. The summed E-state index contributed by atoms with van der Waals surface area (Å²) in [5.74, 6) is 1.11. The highest BCUT2D eigenvalue weighted by atomic mass is 32.2. The monoisotopic (exact) mass is 257 g/mol. The van der Waals surface area contributed by atoms with Crippen LogP contribution in [-0.2, 0) is 6.54 Å². The molecule has 1 nitrogen and oxygen atoms in total. The van der Waals surface area contributed by atoms with E-state index in [2.05, 4.69) is 66.8 Å². The molecule has 0 spiro atoms. The highest BCUT2D eigenvalue weighted by Gasteiger charge is 1.94. The summed E-state index contributed by atoms with van der Waals surface area (Å²) in [5.41, 5.74) is 2.67. The second kappa shape index (κ2) is 7.24. The predicted molar refractivity (Wildman–Crippen MR) is 80.1 cm³/mol. The first kappa shape index (κ1) is 13.2. The van der Waals surface area contributed by atoms with E-state index in [4.69, 9.17) is 0 Å². The second-order valence-corrected chi connectivity index (χ2v) is 5.49. The second-order valence-electron chi connectivity index (χ2n) is 4.32. The van der Waals surface area contributed by atoms with E-state index in [0.29, 0.717) is 0 Å². The smallest absolute Gasteiger partial charge is 0.0205 e. The molecule has 0 saturated carbocycles. The third-order valence-electron chi connectivity index (χ3n) is 2.74. The Bertz CT molecular complexity index is 450. The van der Waals surface area contributed by atoms with Crippen molar-refractivity contribution in [2.45, 2.75) is 18.4 Å². The van der Waals surface area contributed by atoms with Gasteiger partial charge in [0.15, 0.2) is 0 Å². The SMILES string of the molecule is Cc1ccc(CNCCSc2ccccc2)cc1. The lowest BCUT2D eigenvalue weighted by Gasteiger charge is -2.05. The quantitative estimate of drug-likeness (QED) is 0.622. The van der Waals surface area contributed by atoms with Gasteiger partial charge in [-0.15, -0.1) is 11.8 Å². The van der Waals surface area contributed by atoms with Crippen molar-refractivity contribution in [1.82, 2.24) is 5.32 Å². The van der Waals surface area contributed by atoms with Gasteiger partial charge in [0.25, 0.3) is 0 Å². The fourth-order valence-corrected chi connectivity index (χ4v) is 2.53. The van der Waals surface area contributed by atoms with Crippen molar-refractivity contribution in [3.05, 3.63) is 65.7 Å². The molecule has 0 bridgehead atoms. The Morgan fingerprint density at radius 1 is 0.944 bits per heavy atom. The van der Waals surface area contributed by atoms with Crippen LogP contribution in [0.15, 0.2) is 59.5 Å². The summed E-state index contributed by atoms with van der Waals surface area (Å²) < 4.78 is 0. The Kier molecular flexibility index (Phi) is 5.31. The topological polar surface area (TPSA) is 12.0 Å². The van der Waals surface area contributed by atoms with Crippen LogP contribution in [0.3, 0.4) is 0 Å². The highest BCUT2D eigenvalue weighted by Crippen LogP contribution is 2.15. The van der Waals surface area contributed by atoms with Crippen LogP contribution >= 0.6 is 11.8 Å². The molecule has 0 heterocycles. The number of hydrogen-bond acceptors (Lipinski definition) is 2. The van der Waals surface area contributed by atoms with E-state index >= 15 is 0 Å². The van der Waals surface area contributed by atoms with Crippen LogP contribution in [0.2, 0.25) is 0 Å². The van der Waals surface area contributed by atoms with Gasteiger partial charge >= 0.3 is 0 Å². The van der Waals surface area contributed by atoms with E-state index in [1.807, 2.05) is 11.8 Å². The molecule has 2 aromatic rings. The Morgan fingerprint density at radius 2 is 1.67 bits per heavy atom. The first-order valence-corrected chi connectivity index (χ1v) is 7.27. The van der Waals surface area contributed by atoms with Crippen molar-refractivity contribution in [3.63, 3.8) is 0 Å². The molecule has 1 N–H and O–H groups in total. The van der Waals surface area contributed by atoms with Crippen LogP contribution in [0.4, 0.5) is 0 Å². The molecule has 2 heteroatoms. The Morgan fingerprint density at radius 3 is 2.39 bits per heavy atom. The molecule has 0 aliphatic rings. The molecule has 2 rings (SSSR count). The van der Waals surface area contributed by atoms with Gasteiger partial charge in [-0.2, -0.15) is 0 Å². The molecule has 0 aliphatic heterocycles. The van der Waals surface area contributed by atoms with Crippen molar-refractivity contribution in [3.8, 4) is 0 Å². The van der Waals surface area contributed by atoms with Crippen molar-refractivity contribution >= 4 is 11.8 Å². The van der Waals surface area contributed by atoms with Gasteiger partial charge in [-0.05, 0) is 24.6 Å². The number of benzene rings is 2. The van der Waals surface area contributed by atoms with Gasteiger partial charge in [0.1, 0.15) is 0 Å². The lowest BCUT2D eigenvalue weighted by molar-refractivity contribution is 0.732. The van der Waals surface area contributed by atoms with Crippen LogP contribution in [0, 0.1) is 6.92 Å². The zero-order valence-electron chi connectivity index (χ0n) is 10.7. The zero-order valence-corrected chi connectivity index (χ0v) is 11.5.